The van der Waals surface area contributed by atoms with E-state index in [0.29, 0.717) is 0 Å². The number of pyridine rings is 1. The van der Waals surface area contributed by atoms with Gasteiger partial charge in [-0.3, -0.25) is 0 Å². The smallest absolute Gasteiger partial charge is 0.233 e. The van der Waals surface area contributed by atoms with E-state index < -0.39 is 0 Å². The van der Waals surface area contributed by atoms with Crippen molar-refractivity contribution in [3.05, 3.63) is 47.1 Å². The zero-order valence-corrected chi connectivity index (χ0v) is 11.8. The third-order valence-electron chi connectivity index (χ3n) is 3.18. The Bertz CT molecular complexity index is 692. The number of aromatic nitrogens is 3. The number of nitrogens with zero attached hydrogens (tertiary/aromatic N) is 3. The van der Waals surface area contributed by atoms with Gasteiger partial charge in [0.25, 0.3) is 0 Å². The van der Waals surface area contributed by atoms with Crippen LogP contribution in [0.3, 0.4) is 0 Å². The predicted molar refractivity (Wildman–Crippen MR) is 75.0 cm³/mol. The molecule has 0 atom stereocenters. The molecule has 0 saturated heterocycles. The maximum Gasteiger partial charge on any atom is 0.308 e. The molecule has 0 spiro atoms. The lowest BCUT2D eigenvalue weighted by Crippen LogP contribution is -2.30. The Kier molecular flexibility index (Phi) is 2.67. The van der Waals surface area contributed by atoms with E-state index >= 15 is 0 Å². The van der Waals surface area contributed by atoms with E-state index in [-0.39, 0.29) is 0 Å². The summed E-state index contributed by atoms with van der Waals surface area (Å²) in [5.41, 5.74) is 3.37. The van der Waals surface area contributed by atoms with Crippen LogP contribution in [0.4, 0.5) is 0 Å². The first kappa shape index (κ1) is 11.4. The number of hydrogen-bond donors (Lipinski definition) is 0. The van der Waals surface area contributed by atoms with Gasteiger partial charge in [0.2, 0.25) is 0 Å². The predicted octanol–water partition coefficient (Wildman–Crippen LogP) is 2.83. The fourth-order valence-electron chi connectivity index (χ4n) is 2.36. The molecular formula is C14H13BrN3+. The highest BCUT2D eigenvalue weighted by molar-refractivity contribution is 9.10. The van der Waals surface area contributed by atoms with Gasteiger partial charge in [-0.05, 0) is 40.2 Å². The molecule has 0 N–H and O–H groups in total. The van der Waals surface area contributed by atoms with Crippen LogP contribution in [0.5, 0.6) is 0 Å². The van der Waals surface area contributed by atoms with E-state index in [4.69, 9.17) is 0 Å². The number of fused-ring (bicyclic) bond motifs is 1. The molecule has 90 valence electrons. The zero-order valence-electron chi connectivity index (χ0n) is 10.3. The molecule has 18 heavy (non-hydrogen) atoms. The highest BCUT2D eigenvalue weighted by Gasteiger charge is 2.22. The number of hydrogen-bond acceptors (Lipinski definition) is 1. The van der Waals surface area contributed by atoms with Crippen LogP contribution in [0.15, 0.2) is 47.1 Å². The summed E-state index contributed by atoms with van der Waals surface area (Å²) in [5, 5.41) is 0. The Hall–Kier alpha value is -1.68. The van der Waals surface area contributed by atoms with Crippen LogP contribution in [-0.4, -0.2) is 9.55 Å². The van der Waals surface area contributed by atoms with Crippen LogP contribution in [0.25, 0.3) is 22.6 Å². The summed E-state index contributed by atoms with van der Waals surface area (Å²) in [6, 6.07) is 14.3. The molecule has 3 aromatic rings. The second-order valence-corrected chi connectivity index (χ2v) is 5.09. The lowest BCUT2D eigenvalue weighted by Gasteiger charge is -1.98. The van der Waals surface area contributed by atoms with Gasteiger partial charge >= 0.3 is 5.82 Å². The summed E-state index contributed by atoms with van der Waals surface area (Å²) in [6.45, 7) is 0. The van der Waals surface area contributed by atoms with Crippen LogP contribution < -0.4 is 4.57 Å². The van der Waals surface area contributed by atoms with E-state index in [1.54, 1.807) is 0 Å². The average Bonchev–Trinajstić information content (AvgIpc) is 2.63. The number of imidazole rings is 1. The second kappa shape index (κ2) is 4.21. The number of halogens is 1. The second-order valence-electron chi connectivity index (χ2n) is 4.28. The van der Waals surface area contributed by atoms with Gasteiger partial charge in [-0.15, -0.1) is 0 Å². The van der Waals surface area contributed by atoms with Gasteiger partial charge in [-0.25, -0.2) is 14.1 Å². The molecule has 2 heterocycles. The third kappa shape index (κ3) is 1.64. The van der Waals surface area contributed by atoms with E-state index in [2.05, 4.69) is 68.4 Å². The molecule has 0 unspecified atom stereocenters. The van der Waals surface area contributed by atoms with Gasteiger partial charge in [0, 0.05) is 0 Å². The van der Waals surface area contributed by atoms with Gasteiger partial charge in [-0.2, -0.15) is 0 Å². The first-order valence-corrected chi connectivity index (χ1v) is 6.54. The summed E-state index contributed by atoms with van der Waals surface area (Å²) >= 11 is 3.42. The minimum absolute atomic E-state index is 0.852. The van der Waals surface area contributed by atoms with E-state index in [1.165, 1.54) is 11.0 Å². The zero-order chi connectivity index (χ0) is 12.7. The highest BCUT2D eigenvalue weighted by atomic mass is 79.9. The molecule has 4 heteroatoms. The van der Waals surface area contributed by atoms with Crippen LogP contribution in [0.2, 0.25) is 0 Å². The molecule has 0 aliphatic rings. The SMILES string of the molecule is Cn1c(-c2cccc(Br)n2)[n+](C)c2ccccc21. The van der Waals surface area contributed by atoms with Crippen LogP contribution in [0.1, 0.15) is 0 Å². The van der Waals surface area contributed by atoms with E-state index in [1.807, 2.05) is 18.2 Å². The van der Waals surface area contributed by atoms with Crippen molar-refractivity contribution in [2.24, 2.45) is 14.1 Å². The molecule has 0 saturated carbocycles. The van der Waals surface area contributed by atoms with Crippen molar-refractivity contribution in [3.63, 3.8) is 0 Å². The molecule has 0 aliphatic heterocycles. The molecular weight excluding hydrogens is 290 g/mol. The summed E-state index contributed by atoms with van der Waals surface area (Å²) in [6.07, 6.45) is 0. The summed E-state index contributed by atoms with van der Waals surface area (Å²) in [7, 11) is 4.14. The number of rotatable bonds is 1. The Morgan fingerprint density at radius 1 is 1.11 bits per heavy atom. The lowest BCUT2D eigenvalue weighted by molar-refractivity contribution is -0.634. The number of benzene rings is 1. The van der Waals surface area contributed by atoms with Gasteiger partial charge in [0.15, 0.2) is 16.7 Å². The van der Waals surface area contributed by atoms with E-state index in [9.17, 15) is 0 Å². The largest absolute Gasteiger partial charge is 0.308 e. The van der Waals surface area contributed by atoms with Crippen LogP contribution in [0, 0.1) is 0 Å². The molecule has 2 aromatic heterocycles. The summed E-state index contributed by atoms with van der Waals surface area (Å²) < 4.78 is 5.19. The number of aryl methyl sites for hydroxylation is 2. The minimum atomic E-state index is 0.852. The molecule has 0 bridgehead atoms. The fraction of sp³-hybridized carbons (Fsp3) is 0.143. The molecule has 0 radical (unpaired) electrons. The Morgan fingerprint density at radius 3 is 2.61 bits per heavy atom. The van der Waals surface area contributed by atoms with Crippen molar-refractivity contribution in [3.8, 4) is 11.5 Å². The molecule has 0 aliphatic carbocycles. The van der Waals surface area contributed by atoms with Crippen molar-refractivity contribution < 1.29 is 4.57 Å². The summed E-state index contributed by atoms with van der Waals surface area (Å²) in [5.74, 6) is 1.09. The standard InChI is InChI=1S/C14H13BrN3/c1-17-11-7-3-4-8-12(11)18(2)14(17)10-6-5-9-13(15)16-10/h3-9H,1-2H3/q+1. The van der Waals surface area contributed by atoms with Crippen molar-refractivity contribution in [1.82, 2.24) is 9.55 Å². The van der Waals surface area contributed by atoms with Gasteiger partial charge in [0.1, 0.15) is 4.60 Å². The van der Waals surface area contributed by atoms with Crippen LogP contribution >= 0.6 is 15.9 Å². The quantitative estimate of drug-likeness (QED) is 0.500. The summed E-state index contributed by atoms with van der Waals surface area (Å²) in [4.78, 5) is 4.54. The number of para-hydroxylation sites is 2. The molecule has 3 nitrogen and oxygen atoms in total. The molecule has 3 rings (SSSR count). The Labute approximate surface area is 114 Å². The molecule has 0 amide bonds. The first-order chi connectivity index (χ1) is 8.68. The topological polar surface area (TPSA) is 21.7 Å². The van der Waals surface area contributed by atoms with Crippen molar-refractivity contribution >= 4 is 27.0 Å². The lowest BCUT2D eigenvalue weighted by atomic mass is 10.3. The normalized spacial score (nSPS) is 11.1. The van der Waals surface area contributed by atoms with Crippen molar-refractivity contribution in [2.75, 3.05) is 0 Å². The van der Waals surface area contributed by atoms with Gasteiger partial charge < -0.3 is 0 Å². The van der Waals surface area contributed by atoms with Crippen molar-refractivity contribution in [1.29, 1.82) is 0 Å². The first-order valence-electron chi connectivity index (χ1n) is 5.75. The van der Waals surface area contributed by atoms with Gasteiger partial charge in [0.05, 0.1) is 14.1 Å². The maximum atomic E-state index is 4.54. The highest BCUT2D eigenvalue weighted by Crippen LogP contribution is 2.21. The maximum absolute atomic E-state index is 4.54. The minimum Gasteiger partial charge on any atom is -0.233 e. The Morgan fingerprint density at radius 2 is 1.89 bits per heavy atom. The molecule has 0 fully saturated rings. The van der Waals surface area contributed by atoms with E-state index in [0.717, 1.165) is 16.1 Å². The third-order valence-corrected chi connectivity index (χ3v) is 3.63. The van der Waals surface area contributed by atoms with Gasteiger partial charge in [-0.1, -0.05) is 18.2 Å². The van der Waals surface area contributed by atoms with Crippen LogP contribution in [-0.2, 0) is 14.1 Å². The fourth-order valence-corrected chi connectivity index (χ4v) is 2.70. The Balaban J connectivity index is 2.36. The monoisotopic (exact) mass is 302 g/mol. The average molecular weight is 303 g/mol. The molecule has 1 aromatic carbocycles. The van der Waals surface area contributed by atoms with Crippen molar-refractivity contribution in [2.45, 2.75) is 0 Å².